The molecule has 0 atom stereocenters. The lowest BCUT2D eigenvalue weighted by atomic mass is 10.1. The van der Waals surface area contributed by atoms with Gasteiger partial charge in [-0.15, -0.1) is 0 Å². The van der Waals surface area contributed by atoms with E-state index in [0.717, 1.165) is 0 Å². The van der Waals surface area contributed by atoms with Crippen LogP contribution in [0.5, 0.6) is 0 Å². The van der Waals surface area contributed by atoms with Crippen LogP contribution in [0.15, 0.2) is 0 Å². The van der Waals surface area contributed by atoms with Gasteiger partial charge in [-0.1, -0.05) is 158 Å². The Bertz CT molecular complexity index is 66.1. The molecule has 23 heavy (non-hydrogen) atoms. The Morgan fingerprint density at radius 3 is 0.565 bits per heavy atom. The zero-order valence-corrected chi connectivity index (χ0v) is 11.8. The first-order chi connectivity index (χ1) is 7.41. The number of rotatable bonds is 10. The third kappa shape index (κ3) is 88.0. The number of hydrogen-bond donors (Lipinski definition) is 0. The first kappa shape index (κ1) is 65.9. The molecule has 0 aromatic heterocycles. The predicted molar refractivity (Wildman–Crippen MR) is 127 cm³/mol. The highest BCUT2D eigenvalue weighted by Crippen LogP contribution is 2.10. The molecule has 158 valence electrons. The van der Waals surface area contributed by atoms with E-state index >= 15 is 0 Å². The first-order valence-electron chi connectivity index (χ1n) is 7.41. The monoisotopic (exact) mass is 343 g/mol. The average molecular weight is 343 g/mol. The Balaban J connectivity index is -0.0000000203. The van der Waals surface area contributed by atoms with Crippen LogP contribution in [0, 0.1) is 0 Å². The summed E-state index contributed by atoms with van der Waals surface area (Å²) in [6.45, 7) is 8.56. The van der Waals surface area contributed by atoms with Gasteiger partial charge in [0.05, 0.1) is 0 Å². The lowest BCUT2D eigenvalue weighted by molar-refractivity contribution is 0.554. The van der Waals surface area contributed by atoms with Gasteiger partial charge in [0.2, 0.25) is 0 Å². The van der Waals surface area contributed by atoms with Crippen LogP contribution in [0.1, 0.15) is 158 Å². The van der Waals surface area contributed by atoms with Gasteiger partial charge in [-0.2, -0.15) is 0 Å². The van der Waals surface area contributed by atoms with E-state index in [1.807, 2.05) is 13.8 Å². The summed E-state index contributed by atoms with van der Waals surface area (Å²) in [5.74, 6) is 0. The minimum atomic E-state index is 0. The third-order valence-electron chi connectivity index (χ3n) is 2.71. The normalized spacial score (nSPS) is 6.26. The van der Waals surface area contributed by atoms with Gasteiger partial charge in [-0.25, -0.2) is 0 Å². The van der Waals surface area contributed by atoms with E-state index in [4.69, 9.17) is 0 Å². The van der Waals surface area contributed by atoms with Crippen molar-refractivity contribution >= 4 is 0 Å². The van der Waals surface area contributed by atoms with E-state index in [1.54, 1.807) is 0 Å². The highest BCUT2D eigenvalue weighted by molar-refractivity contribution is 4.46. The van der Waals surface area contributed by atoms with Crippen LogP contribution in [0.2, 0.25) is 0 Å². The van der Waals surface area contributed by atoms with E-state index in [9.17, 15) is 0 Å². The standard InChI is InChI=1S/C13H28.C2H6.8CH4/c1-3-5-7-9-11-13-12-10-8-6-4-2;1-2;;;;;;;;/h3-13H2,1-2H3;1-2H3;8*1H4. The molecule has 0 aromatic rings. The van der Waals surface area contributed by atoms with Gasteiger partial charge < -0.3 is 0 Å². The molecule has 0 aliphatic heterocycles. The summed E-state index contributed by atoms with van der Waals surface area (Å²) in [6.07, 6.45) is 15.9. The summed E-state index contributed by atoms with van der Waals surface area (Å²) in [6, 6.07) is 0. The van der Waals surface area contributed by atoms with E-state index in [0.29, 0.717) is 0 Å². The molecule has 0 heterocycles. The maximum absolute atomic E-state index is 2.28. The second kappa shape index (κ2) is 80.2. The molecule has 0 amide bonds. The fourth-order valence-electron chi connectivity index (χ4n) is 1.74. The van der Waals surface area contributed by atoms with Gasteiger partial charge in [0, 0.05) is 0 Å². The molecule has 0 rings (SSSR count). The van der Waals surface area contributed by atoms with Gasteiger partial charge in [0.15, 0.2) is 0 Å². The van der Waals surface area contributed by atoms with Gasteiger partial charge in [0.1, 0.15) is 0 Å². The Hall–Kier alpha value is 0. The molecule has 0 saturated heterocycles. The third-order valence-corrected chi connectivity index (χ3v) is 2.71. The molecule has 0 aromatic carbocycles. The largest absolute Gasteiger partial charge is 0.0776 e. The summed E-state index contributed by atoms with van der Waals surface area (Å²) >= 11 is 0. The van der Waals surface area contributed by atoms with Crippen molar-refractivity contribution in [1.29, 1.82) is 0 Å². The summed E-state index contributed by atoms with van der Waals surface area (Å²) in [5.41, 5.74) is 0. The summed E-state index contributed by atoms with van der Waals surface area (Å²) in [4.78, 5) is 0. The molecule has 0 aliphatic carbocycles. The Labute approximate surface area is 158 Å². The Morgan fingerprint density at radius 1 is 0.304 bits per heavy atom. The van der Waals surface area contributed by atoms with Gasteiger partial charge in [-0.3, -0.25) is 0 Å². The lowest BCUT2D eigenvalue weighted by Crippen LogP contribution is -1.80. The molecular weight excluding hydrogens is 276 g/mol. The topological polar surface area (TPSA) is 0 Å². The minimum Gasteiger partial charge on any atom is -0.0776 e. The molecule has 0 spiro atoms. The maximum atomic E-state index is 2.28. The van der Waals surface area contributed by atoms with E-state index in [-0.39, 0.29) is 59.4 Å². The van der Waals surface area contributed by atoms with Crippen LogP contribution < -0.4 is 0 Å². The maximum Gasteiger partial charge on any atom is -0.0533 e. The summed E-state index contributed by atoms with van der Waals surface area (Å²) < 4.78 is 0. The lowest BCUT2D eigenvalue weighted by Gasteiger charge is -2.00. The summed E-state index contributed by atoms with van der Waals surface area (Å²) in [7, 11) is 0. The molecule has 0 bridgehead atoms. The van der Waals surface area contributed by atoms with Crippen LogP contribution in [-0.2, 0) is 0 Å². The molecule has 0 heteroatoms. The van der Waals surface area contributed by atoms with Crippen molar-refractivity contribution in [3.05, 3.63) is 0 Å². The Kier molecular flexibility index (Phi) is 230. The van der Waals surface area contributed by atoms with Crippen molar-refractivity contribution < 1.29 is 0 Å². The molecule has 0 saturated carbocycles. The van der Waals surface area contributed by atoms with E-state index in [1.165, 1.54) is 70.6 Å². The average Bonchev–Trinajstić information content (AvgIpc) is 2.30. The fraction of sp³-hybridized carbons (Fsp3) is 1.00. The molecular formula is C23H66. The zero-order chi connectivity index (χ0) is 11.8. The van der Waals surface area contributed by atoms with Crippen LogP contribution in [0.25, 0.3) is 0 Å². The van der Waals surface area contributed by atoms with Gasteiger partial charge in [0.25, 0.3) is 0 Å². The highest BCUT2D eigenvalue weighted by atomic mass is 14.0. The highest BCUT2D eigenvalue weighted by Gasteiger charge is 1.90. The second-order valence-corrected chi connectivity index (χ2v) is 4.18. The van der Waals surface area contributed by atoms with Gasteiger partial charge >= 0.3 is 0 Å². The van der Waals surface area contributed by atoms with Crippen molar-refractivity contribution in [2.24, 2.45) is 0 Å². The van der Waals surface area contributed by atoms with Crippen LogP contribution in [-0.4, -0.2) is 0 Å². The molecule has 0 nitrogen and oxygen atoms in total. The molecule has 0 aliphatic rings. The van der Waals surface area contributed by atoms with Crippen molar-refractivity contribution in [2.45, 2.75) is 158 Å². The van der Waals surface area contributed by atoms with Crippen molar-refractivity contribution in [3.8, 4) is 0 Å². The number of unbranched alkanes of at least 4 members (excludes halogenated alkanes) is 10. The molecule has 0 unspecified atom stereocenters. The van der Waals surface area contributed by atoms with E-state index < -0.39 is 0 Å². The second-order valence-electron chi connectivity index (χ2n) is 4.18. The quantitative estimate of drug-likeness (QED) is 0.346. The summed E-state index contributed by atoms with van der Waals surface area (Å²) in [5, 5.41) is 0. The smallest absolute Gasteiger partial charge is 0.0533 e. The van der Waals surface area contributed by atoms with Crippen LogP contribution >= 0.6 is 0 Å². The SMILES string of the molecule is C.C.C.C.C.C.C.C.CC.CCCCCCCCCCCCC. The van der Waals surface area contributed by atoms with Crippen molar-refractivity contribution in [2.75, 3.05) is 0 Å². The van der Waals surface area contributed by atoms with Crippen molar-refractivity contribution in [3.63, 3.8) is 0 Å². The Morgan fingerprint density at radius 2 is 0.435 bits per heavy atom. The molecule has 0 fully saturated rings. The van der Waals surface area contributed by atoms with Crippen LogP contribution in [0.3, 0.4) is 0 Å². The zero-order valence-electron chi connectivity index (χ0n) is 11.8. The first-order valence-corrected chi connectivity index (χ1v) is 7.41. The predicted octanol–water partition coefficient (Wildman–Crippen LogP) is 11.4. The van der Waals surface area contributed by atoms with Gasteiger partial charge in [-0.05, 0) is 0 Å². The molecule has 0 N–H and O–H groups in total. The molecule has 0 radical (unpaired) electrons. The fourth-order valence-corrected chi connectivity index (χ4v) is 1.74. The minimum absolute atomic E-state index is 0. The number of hydrogen-bond acceptors (Lipinski definition) is 0. The van der Waals surface area contributed by atoms with Crippen LogP contribution in [0.4, 0.5) is 0 Å². The van der Waals surface area contributed by atoms with Crippen molar-refractivity contribution in [1.82, 2.24) is 0 Å². The van der Waals surface area contributed by atoms with E-state index in [2.05, 4.69) is 13.8 Å².